The van der Waals surface area contributed by atoms with Gasteiger partial charge in [-0.05, 0) is 66.0 Å². The highest BCUT2D eigenvalue weighted by Crippen LogP contribution is 2.20. The standard InChI is InChI=1S/C19H37NO3/c1-5-16(21)12-8-9-13-17(18(22)23-19(2,3)4)20-14-10-6-7-11-15-20/h16-17,21H,5-15H2,1-4H3. The van der Waals surface area contributed by atoms with Crippen LogP contribution in [0.15, 0.2) is 0 Å². The summed E-state index contributed by atoms with van der Waals surface area (Å²) in [5, 5.41) is 9.67. The maximum atomic E-state index is 12.6. The number of hydrogen-bond donors (Lipinski definition) is 1. The highest BCUT2D eigenvalue weighted by atomic mass is 16.6. The third-order valence-corrected chi connectivity index (χ3v) is 4.50. The van der Waals surface area contributed by atoms with Crippen molar-refractivity contribution in [3.05, 3.63) is 0 Å². The van der Waals surface area contributed by atoms with Crippen LogP contribution in [-0.4, -0.2) is 46.8 Å². The van der Waals surface area contributed by atoms with E-state index in [4.69, 9.17) is 4.74 Å². The Hall–Kier alpha value is -0.610. The Labute approximate surface area is 142 Å². The van der Waals surface area contributed by atoms with Gasteiger partial charge >= 0.3 is 5.97 Å². The fourth-order valence-electron chi connectivity index (χ4n) is 3.15. The summed E-state index contributed by atoms with van der Waals surface area (Å²) < 4.78 is 5.66. The average Bonchev–Trinajstić information content (AvgIpc) is 2.73. The van der Waals surface area contributed by atoms with Crippen LogP contribution in [0.1, 0.15) is 85.5 Å². The molecule has 2 atom stereocenters. The van der Waals surface area contributed by atoms with Crippen LogP contribution in [0, 0.1) is 0 Å². The molecule has 1 fully saturated rings. The number of esters is 1. The molecule has 23 heavy (non-hydrogen) atoms. The van der Waals surface area contributed by atoms with Crippen LogP contribution in [0.4, 0.5) is 0 Å². The molecule has 1 rings (SSSR count). The van der Waals surface area contributed by atoms with E-state index in [0.29, 0.717) is 0 Å². The molecular formula is C19H37NO3. The van der Waals surface area contributed by atoms with E-state index in [1.807, 2.05) is 27.7 Å². The minimum absolute atomic E-state index is 0.0737. The second-order valence-corrected chi connectivity index (χ2v) is 7.85. The number of nitrogens with zero attached hydrogens (tertiary/aromatic N) is 1. The minimum atomic E-state index is -0.431. The normalized spacial score (nSPS) is 19.9. The first-order valence-corrected chi connectivity index (χ1v) is 9.48. The van der Waals surface area contributed by atoms with Crippen molar-refractivity contribution < 1.29 is 14.6 Å². The summed E-state index contributed by atoms with van der Waals surface area (Å²) in [7, 11) is 0. The average molecular weight is 328 g/mol. The third kappa shape index (κ3) is 8.71. The van der Waals surface area contributed by atoms with Crippen molar-refractivity contribution >= 4 is 5.97 Å². The second kappa shape index (κ2) is 10.3. The Kier molecular flexibility index (Phi) is 9.15. The summed E-state index contributed by atoms with van der Waals surface area (Å²) in [6.45, 7) is 9.81. The smallest absolute Gasteiger partial charge is 0.323 e. The monoisotopic (exact) mass is 327 g/mol. The molecule has 0 saturated carbocycles. The van der Waals surface area contributed by atoms with Crippen molar-refractivity contribution in [2.24, 2.45) is 0 Å². The predicted molar refractivity (Wildman–Crippen MR) is 94.4 cm³/mol. The van der Waals surface area contributed by atoms with Gasteiger partial charge in [0.05, 0.1) is 6.10 Å². The molecule has 1 N–H and O–H groups in total. The van der Waals surface area contributed by atoms with Gasteiger partial charge in [-0.25, -0.2) is 0 Å². The van der Waals surface area contributed by atoms with Gasteiger partial charge in [-0.3, -0.25) is 9.69 Å². The highest BCUT2D eigenvalue weighted by molar-refractivity contribution is 5.76. The molecule has 1 aliphatic heterocycles. The van der Waals surface area contributed by atoms with E-state index >= 15 is 0 Å². The summed E-state index contributed by atoms with van der Waals surface area (Å²) in [6.07, 6.45) is 9.10. The lowest BCUT2D eigenvalue weighted by atomic mass is 10.0. The number of likely N-dealkylation sites (tertiary alicyclic amines) is 1. The Bertz CT molecular complexity index is 330. The minimum Gasteiger partial charge on any atom is -0.459 e. The lowest BCUT2D eigenvalue weighted by Crippen LogP contribution is -2.45. The van der Waals surface area contributed by atoms with Crippen molar-refractivity contribution in [1.82, 2.24) is 4.90 Å². The molecule has 1 saturated heterocycles. The summed E-state index contributed by atoms with van der Waals surface area (Å²) in [5.41, 5.74) is -0.431. The summed E-state index contributed by atoms with van der Waals surface area (Å²) in [4.78, 5) is 15.0. The van der Waals surface area contributed by atoms with Gasteiger partial charge in [0.2, 0.25) is 0 Å². The lowest BCUT2D eigenvalue weighted by Gasteiger charge is -2.31. The zero-order valence-corrected chi connectivity index (χ0v) is 15.6. The third-order valence-electron chi connectivity index (χ3n) is 4.50. The molecular weight excluding hydrogens is 290 g/mol. The van der Waals surface area contributed by atoms with Gasteiger partial charge in [0, 0.05) is 0 Å². The zero-order valence-electron chi connectivity index (χ0n) is 15.6. The highest BCUT2D eigenvalue weighted by Gasteiger charge is 2.30. The van der Waals surface area contributed by atoms with Crippen molar-refractivity contribution in [2.45, 2.75) is 103 Å². The number of carbonyl (C=O) groups excluding carboxylic acids is 1. The molecule has 2 unspecified atom stereocenters. The van der Waals surface area contributed by atoms with E-state index in [2.05, 4.69) is 4.90 Å². The molecule has 4 heteroatoms. The van der Waals surface area contributed by atoms with E-state index in [-0.39, 0.29) is 18.1 Å². The van der Waals surface area contributed by atoms with Gasteiger partial charge in [-0.1, -0.05) is 32.6 Å². The molecule has 0 amide bonds. The first-order chi connectivity index (χ1) is 10.8. The number of aliphatic hydroxyl groups excluding tert-OH is 1. The molecule has 0 spiro atoms. The zero-order chi connectivity index (χ0) is 17.3. The van der Waals surface area contributed by atoms with Crippen LogP contribution in [0.25, 0.3) is 0 Å². The van der Waals surface area contributed by atoms with E-state index in [0.717, 1.165) is 45.2 Å². The number of carbonyl (C=O) groups is 1. The molecule has 0 aromatic carbocycles. The van der Waals surface area contributed by atoms with Crippen LogP contribution in [0.3, 0.4) is 0 Å². The lowest BCUT2D eigenvalue weighted by molar-refractivity contribution is -0.161. The number of aliphatic hydroxyl groups is 1. The molecule has 0 aromatic rings. The Balaban J connectivity index is 2.58. The summed E-state index contributed by atoms with van der Waals surface area (Å²) in [5.74, 6) is -0.0737. The first-order valence-electron chi connectivity index (χ1n) is 9.48. The molecule has 1 heterocycles. The van der Waals surface area contributed by atoms with Gasteiger partial charge < -0.3 is 9.84 Å². The fourth-order valence-corrected chi connectivity index (χ4v) is 3.15. The summed E-state index contributed by atoms with van der Waals surface area (Å²) in [6, 6.07) is -0.119. The predicted octanol–water partition coefficient (Wildman–Crippen LogP) is 3.90. The van der Waals surface area contributed by atoms with Gasteiger partial charge in [0.25, 0.3) is 0 Å². The van der Waals surface area contributed by atoms with Crippen LogP contribution < -0.4 is 0 Å². The molecule has 0 aliphatic carbocycles. The number of hydrogen-bond acceptors (Lipinski definition) is 4. The van der Waals surface area contributed by atoms with E-state index in [1.165, 1.54) is 25.7 Å². The SMILES string of the molecule is CCC(O)CCCCC(C(=O)OC(C)(C)C)N1CCCCCC1. The van der Waals surface area contributed by atoms with Gasteiger partial charge in [-0.15, -0.1) is 0 Å². The molecule has 0 bridgehead atoms. The maximum absolute atomic E-state index is 12.6. The van der Waals surface area contributed by atoms with Crippen LogP contribution in [0.5, 0.6) is 0 Å². The molecule has 0 radical (unpaired) electrons. The van der Waals surface area contributed by atoms with Crippen molar-refractivity contribution in [3.63, 3.8) is 0 Å². The van der Waals surface area contributed by atoms with Crippen molar-refractivity contribution in [2.75, 3.05) is 13.1 Å². The van der Waals surface area contributed by atoms with E-state index in [9.17, 15) is 9.90 Å². The quantitative estimate of drug-likeness (QED) is 0.542. The van der Waals surface area contributed by atoms with Crippen LogP contribution in [0.2, 0.25) is 0 Å². The Morgan fingerprint density at radius 3 is 2.17 bits per heavy atom. The van der Waals surface area contributed by atoms with Crippen LogP contribution >= 0.6 is 0 Å². The molecule has 0 aromatic heterocycles. The van der Waals surface area contributed by atoms with Crippen LogP contribution in [-0.2, 0) is 9.53 Å². The fraction of sp³-hybridized carbons (Fsp3) is 0.947. The van der Waals surface area contributed by atoms with Crippen molar-refractivity contribution in [1.29, 1.82) is 0 Å². The van der Waals surface area contributed by atoms with E-state index in [1.54, 1.807) is 0 Å². The molecule has 4 nitrogen and oxygen atoms in total. The topological polar surface area (TPSA) is 49.8 Å². The molecule has 1 aliphatic rings. The first kappa shape index (κ1) is 20.4. The van der Waals surface area contributed by atoms with Gasteiger partial charge in [0.15, 0.2) is 0 Å². The second-order valence-electron chi connectivity index (χ2n) is 7.85. The largest absolute Gasteiger partial charge is 0.459 e. The number of unbranched alkanes of at least 4 members (excludes halogenated alkanes) is 1. The Morgan fingerprint density at radius 2 is 1.65 bits per heavy atom. The maximum Gasteiger partial charge on any atom is 0.323 e. The van der Waals surface area contributed by atoms with Crippen molar-refractivity contribution in [3.8, 4) is 0 Å². The summed E-state index contributed by atoms with van der Waals surface area (Å²) >= 11 is 0. The number of ether oxygens (including phenoxy) is 1. The van der Waals surface area contributed by atoms with E-state index < -0.39 is 5.60 Å². The number of rotatable bonds is 8. The Morgan fingerprint density at radius 1 is 1.09 bits per heavy atom. The van der Waals surface area contributed by atoms with Gasteiger partial charge in [0.1, 0.15) is 11.6 Å². The molecule has 136 valence electrons. The van der Waals surface area contributed by atoms with Gasteiger partial charge in [-0.2, -0.15) is 0 Å².